The quantitative estimate of drug-likeness (QED) is 0.232. The maximum atomic E-state index is 13.7. The van der Waals surface area contributed by atoms with Crippen molar-refractivity contribution in [2.75, 3.05) is 38.6 Å². The predicted molar refractivity (Wildman–Crippen MR) is 165 cm³/mol. The summed E-state index contributed by atoms with van der Waals surface area (Å²) in [5.41, 5.74) is -0.0321. The van der Waals surface area contributed by atoms with Crippen molar-refractivity contribution in [2.45, 2.75) is 30.2 Å². The van der Waals surface area contributed by atoms with E-state index < -0.39 is 62.8 Å². The lowest BCUT2D eigenvalue weighted by atomic mass is 10.1. The van der Waals surface area contributed by atoms with Crippen molar-refractivity contribution in [3.63, 3.8) is 0 Å². The van der Waals surface area contributed by atoms with Crippen LogP contribution in [0.2, 0.25) is 0 Å². The van der Waals surface area contributed by atoms with Crippen molar-refractivity contribution in [1.29, 1.82) is 0 Å². The number of carbonyl (C=O) groups is 2. The number of hydrogen-bond donors (Lipinski definition) is 2. The van der Waals surface area contributed by atoms with Crippen molar-refractivity contribution < 1.29 is 58.9 Å². The molecule has 50 heavy (non-hydrogen) atoms. The number of benzene rings is 2. The van der Waals surface area contributed by atoms with Crippen molar-refractivity contribution in [2.24, 2.45) is 0 Å². The molecule has 4 aromatic rings. The smallest absolute Gasteiger partial charge is 0.573 e. The standard InChI is InChI=1S/C26H20F6N6O7S2.C2H6N/c27-25(28,29)44-15-3-1-14(2-4-15)11-33-22(39)18-13-37(24-35-20-19(46-24)12-34-36-21(20)23(40)41)9-10-38(18)47(42,43)17-7-5-16(6-8-17)45-26(30,31)32;1-3-2/h1-8,12,18H,9-11,13H2,(H,33,39)(H,40,41);1-2H3/q;-1/t18-;/m1./s1. The average molecular weight is 751 g/mol. The summed E-state index contributed by atoms with van der Waals surface area (Å²) in [7, 11) is -1.000. The molecular formula is C28H26F6N7O7S2-. The number of nitrogens with zero attached hydrogens (tertiary/aromatic N) is 6. The highest BCUT2D eigenvalue weighted by Gasteiger charge is 2.41. The van der Waals surface area contributed by atoms with Gasteiger partial charge in [-0.25, -0.2) is 18.2 Å². The second kappa shape index (κ2) is 15.4. The van der Waals surface area contributed by atoms with Gasteiger partial charge >= 0.3 is 18.7 Å². The van der Waals surface area contributed by atoms with Crippen LogP contribution in [0, 0.1) is 0 Å². The molecule has 2 aromatic carbocycles. The van der Waals surface area contributed by atoms with E-state index in [2.05, 4.69) is 35.3 Å². The SMILES string of the molecule is C[N-]C.O=C(O)c1nncc2sc(N3CCN(S(=O)(=O)c4ccc(OC(F)(F)F)cc4)[C@@H](C(=O)NCc4ccc(OC(F)(F)F)cc4)C3)nc12. The molecule has 1 aliphatic heterocycles. The van der Waals surface area contributed by atoms with Crippen molar-refractivity contribution in [3.8, 4) is 11.5 Å². The Morgan fingerprint density at radius 3 is 2.08 bits per heavy atom. The third-order valence-electron chi connectivity index (χ3n) is 6.59. The summed E-state index contributed by atoms with van der Waals surface area (Å²) in [5.74, 6) is -3.35. The van der Waals surface area contributed by atoms with E-state index in [0.717, 1.165) is 52.0 Å². The monoisotopic (exact) mass is 750 g/mol. The Kier molecular flexibility index (Phi) is 11.7. The Bertz CT molecular complexity index is 1910. The number of carbonyl (C=O) groups excluding carboxylic acids is 1. The summed E-state index contributed by atoms with van der Waals surface area (Å²) in [6, 6.07) is 6.53. The van der Waals surface area contributed by atoms with Crippen LogP contribution in [0.15, 0.2) is 59.6 Å². The zero-order valence-electron chi connectivity index (χ0n) is 25.8. The molecule has 0 radical (unpaired) electrons. The number of carboxylic acids is 1. The normalized spacial score (nSPS) is 15.6. The lowest BCUT2D eigenvalue weighted by Crippen LogP contribution is -2.60. The molecule has 1 aliphatic rings. The van der Waals surface area contributed by atoms with E-state index >= 15 is 0 Å². The zero-order chi connectivity index (χ0) is 36.9. The largest absolute Gasteiger partial charge is 0.668 e. The second-order valence-electron chi connectivity index (χ2n) is 10.2. The number of aromatic carboxylic acids is 1. The van der Waals surface area contributed by atoms with Gasteiger partial charge in [0.2, 0.25) is 15.9 Å². The molecule has 270 valence electrons. The van der Waals surface area contributed by atoms with Gasteiger partial charge in [0.1, 0.15) is 23.1 Å². The van der Waals surface area contributed by atoms with Gasteiger partial charge in [-0.3, -0.25) is 4.79 Å². The number of carboxylic acid groups (broad SMARTS) is 1. The summed E-state index contributed by atoms with van der Waals surface area (Å²) < 4.78 is 112. The summed E-state index contributed by atoms with van der Waals surface area (Å²) in [5, 5.41) is 23.0. The Morgan fingerprint density at radius 2 is 1.54 bits per heavy atom. The summed E-state index contributed by atoms with van der Waals surface area (Å²) in [6.07, 6.45) is -8.62. The number of anilines is 1. The van der Waals surface area contributed by atoms with Gasteiger partial charge in [-0.05, 0) is 42.0 Å². The van der Waals surface area contributed by atoms with Crippen LogP contribution in [-0.2, 0) is 21.4 Å². The third-order valence-corrected chi connectivity index (χ3v) is 9.57. The number of ether oxygens (including phenoxy) is 2. The molecule has 1 saturated heterocycles. The molecule has 2 aromatic heterocycles. The molecular weight excluding hydrogens is 724 g/mol. The first kappa shape index (κ1) is 38.0. The van der Waals surface area contributed by atoms with E-state index in [-0.39, 0.29) is 36.8 Å². The number of halogens is 6. The van der Waals surface area contributed by atoms with Gasteiger partial charge in [-0.1, -0.05) is 23.5 Å². The fourth-order valence-corrected chi connectivity index (χ4v) is 7.09. The van der Waals surface area contributed by atoms with Crippen LogP contribution in [0.3, 0.4) is 0 Å². The van der Waals surface area contributed by atoms with E-state index in [1.807, 2.05) is 0 Å². The maximum Gasteiger partial charge on any atom is 0.573 e. The first-order chi connectivity index (χ1) is 23.4. The van der Waals surface area contributed by atoms with Crippen LogP contribution in [0.4, 0.5) is 31.5 Å². The Balaban J connectivity index is 0.00000181. The minimum absolute atomic E-state index is 0.0258. The van der Waals surface area contributed by atoms with E-state index in [9.17, 15) is 49.5 Å². The fraction of sp³-hybridized carbons (Fsp3) is 0.321. The number of hydrogen-bond acceptors (Lipinski definition) is 11. The average Bonchev–Trinajstić information content (AvgIpc) is 3.48. The topological polar surface area (TPSA) is 178 Å². The number of thiazole rings is 1. The Labute approximate surface area is 283 Å². The number of aromatic nitrogens is 3. The highest BCUT2D eigenvalue weighted by atomic mass is 32.2. The third kappa shape index (κ3) is 9.67. The van der Waals surface area contributed by atoms with Crippen LogP contribution in [0.5, 0.6) is 11.5 Å². The van der Waals surface area contributed by atoms with Crippen LogP contribution in [0.1, 0.15) is 16.1 Å². The molecule has 0 saturated carbocycles. The zero-order valence-corrected chi connectivity index (χ0v) is 27.4. The van der Waals surface area contributed by atoms with Crippen molar-refractivity contribution in [1.82, 2.24) is 24.8 Å². The van der Waals surface area contributed by atoms with Crippen LogP contribution >= 0.6 is 11.3 Å². The molecule has 2 N–H and O–H groups in total. The molecule has 0 unspecified atom stereocenters. The van der Waals surface area contributed by atoms with Gasteiger partial charge in [-0.15, -0.1) is 31.4 Å². The minimum atomic E-state index is -5.01. The van der Waals surface area contributed by atoms with Crippen LogP contribution < -0.4 is 19.7 Å². The Hall–Kier alpha value is -4.80. The number of nitrogens with one attached hydrogen (secondary N) is 1. The van der Waals surface area contributed by atoms with Crippen molar-refractivity contribution >= 4 is 48.6 Å². The van der Waals surface area contributed by atoms with Crippen molar-refractivity contribution in [3.05, 3.63) is 71.3 Å². The number of rotatable bonds is 9. The number of sulfonamides is 1. The van der Waals surface area contributed by atoms with Crippen LogP contribution in [0.25, 0.3) is 15.5 Å². The summed E-state index contributed by atoms with van der Waals surface area (Å²) >= 11 is 1.03. The summed E-state index contributed by atoms with van der Waals surface area (Å²) in [6.45, 7) is -0.841. The number of alkyl halides is 6. The molecule has 1 amide bonds. The van der Waals surface area contributed by atoms with Gasteiger partial charge in [0, 0.05) is 26.2 Å². The lowest BCUT2D eigenvalue weighted by molar-refractivity contribution is -0.275. The van der Waals surface area contributed by atoms with E-state index in [1.165, 1.54) is 18.3 Å². The molecule has 22 heteroatoms. The lowest BCUT2D eigenvalue weighted by Gasteiger charge is -2.39. The fourth-order valence-electron chi connectivity index (χ4n) is 4.55. The Morgan fingerprint density at radius 1 is 0.980 bits per heavy atom. The molecule has 0 spiro atoms. The van der Waals surface area contributed by atoms with E-state index in [4.69, 9.17) is 0 Å². The number of fused-ring (bicyclic) bond motifs is 1. The van der Waals surface area contributed by atoms with E-state index in [0.29, 0.717) is 10.3 Å². The first-order valence-electron chi connectivity index (χ1n) is 14.0. The highest BCUT2D eigenvalue weighted by Crippen LogP contribution is 2.33. The highest BCUT2D eigenvalue weighted by molar-refractivity contribution is 7.89. The van der Waals surface area contributed by atoms with Gasteiger partial charge in [0.25, 0.3) is 0 Å². The van der Waals surface area contributed by atoms with Gasteiger partial charge in [-0.2, -0.15) is 23.5 Å². The van der Waals surface area contributed by atoms with Gasteiger partial charge < -0.3 is 30.1 Å². The van der Waals surface area contributed by atoms with Gasteiger partial charge in [0.05, 0.1) is 15.8 Å². The molecule has 0 aliphatic carbocycles. The number of piperazine rings is 1. The van der Waals surface area contributed by atoms with Crippen LogP contribution in [-0.4, -0.2) is 97.4 Å². The molecule has 5 rings (SSSR count). The molecule has 3 heterocycles. The van der Waals surface area contributed by atoms with E-state index in [1.54, 1.807) is 19.0 Å². The maximum absolute atomic E-state index is 13.7. The first-order valence-corrected chi connectivity index (χ1v) is 16.3. The second-order valence-corrected chi connectivity index (χ2v) is 13.1. The van der Waals surface area contributed by atoms with Gasteiger partial charge in [0.15, 0.2) is 10.8 Å². The molecule has 1 fully saturated rings. The molecule has 1 atom stereocenters. The molecule has 14 nitrogen and oxygen atoms in total. The number of amides is 1. The predicted octanol–water partition coefficient (Wildman–Crippen LogP) is 4.40. The minimum Gasteiger partial charge on any atom is -0.668 e. The molecule has 0 bridgehead atoms. The summed E-state index contributed by atoms with van der Waals surface area (Å²) in [4.78, 5) is 30.6.